The Morgan fingerprint density at radius 3 is 3.50 bits per heavy atom. The molecule has 2 rings (SSSR count). The Hall–Kier alpha value is -1.25. The molecule has 2 aromatic rings. The van der Waals surface area contributed by atoms with Crippen molar-refractivity contribution in [1.82, 2.24) is 9.56 Å². The maximum absolute atomic E-state index is 4.77. The van der Waals surface area contributed by atoms with Crippen LogP contribution in [0, 0.1) is 0 Å². The molecule has 0 saturated heterocycles. The molecule has 0 aromatic carbocycles. The van der Waals surface area contributed by atoms with Gasteiger partial charge in [0.05, 0.1) is 0 Å². The maximum Gasteiger partial charge on any atom is 0.234 e. The first-order valence-corrected chi connectivity index (χ1v) is 2.34. The van der Waals surface area contributed by atoms with E-state index >= 15 is 0 Å². The van der Waals surface area contributed by atoms with Gasteiger partial charge in [-0.25, -0.2) is 0 Å². The molecule has 0 N–H and O–H groups in total. The summed E-state index contributed by atoms with van der Waals surface area (Å²) in [5.41, 5.74) is 0.782. The largest absolute Gasteiger partial charge is 0.336 e. The SMILES string of the molecule is c1cc2oncn2c1. The number of hydrogen-bond donors (Lipinski definition) is 0. The quantitative estimate of drug-likeness (QED) is 0.502. The van der Waals surface area contributed by atoms with Gasteiger partial charge in [-0.15, -0.1) is 0 Å². The predicted octanol–water partition coefficient (Wildman–Crippen LogP) is 0.927. The van der Waals surface area contributed by atoms with Crippen molar-refractivity contribution in [3.05, 3.63) is 24.7 Å². The van der Waals surface area contributed by atoms with E-state index in [2.05, 4.69) is 5.16 Å². The van der Waals surface area contributed by atoms with E-state index < -0.39 is 0 Å². The molecule has 2 aromatic heterocycles. The molecule has 3 nitrogen and oxygen atoms in total. The van der Waals surface area contributed by atoms with Crippen LogP contribution < -0.4 is 0 Å². The number of nitrogens with zero attached hydrogens (tertiary/aromatic N) is 2. The molecule has 0 saturated carbocycles. The van der Waals surface area contributed by atoms with Crippen molar-refractivity contribution in [1.29, 1.82) is 0 Å². The van der Waals surface area contributed by atoms with E-state index in [1.807, 2.05) is 18.3 Å². The van der Waals surface area contributed by atoms with Gasteiger partial charge in [0, 0.05) is 12.3 Å². The van der Waals surface area contributed by atoms with Gasteiger partial charge < -0.3 is 4.52 Å². The Bertz CT molecular complexity index is 232. The Morgan fingerprint density at radius 2 is 2.62 bits per heavy atom. The number of hydrogen-bond acceptors (Lipinski definition) is 2. The minimum absolute atomic E-state index is 0.782. The van der Waals surface area contributed by atoms with Crippen LogP contribution in [0.3, 0.4) is 0 Å². The monoisotopic (exact) mass is 108 g/mol. The average molecular weight is 108 g/mol. The zero-order chi connectivity index (χ0) is 5.40. The number of fused-ring (bicyclic) bond motifs is 1. The van der Waals surface area contributed by atoms with E-state index in [4.69, 9.17) is 4.52 Å². The van der Waals surface area contributed by atoms with Crippen molar-refractivity contribution in [3.63, 3.8) is 0 Å². The van der Waals surface area contributed by atoms with Crippen LogP contribution in [0.1, 0.15) is 0 Å². The average Bonchev–Trinajstić information content (AvgIpc) is 2.15. The second-order valence-electron chi connectivity index (χ2n) is 1.57. The summed E-state index contributed by atoms with van der Waals surface area (Å²) in [5, 5.41) is 3.55. The van der Waals surface area contributed by atoms with E-state index in [9.17, 15) is 0 Å². The summed E-state index contributed by atoms with van der Waals surface area (Å²) in [6, 6.07) is 3.76. The molecule has 0 bridgehead atoms. The molecule has 0 fully saturated rings. The first-order valence-electron chi connectivity index (χ1n) is 2.34. The highest BCUT2D eigenvalue weighted by atomic mass is 16.5. The van der Waals surface area contributed by atoms with Gasteiger partial charge in [0.15, 0.2) is 0 Å². The summed E-state index contributed by atoms with van der Waals surface area (Å²) in [6.45, 7) is 0. The Balaban J connectivity index is 3.06. The van der Waals surface area contributed by atoms with Gasteiger partial charge in [-0.1, -0.05) is 5.16 Å². The van der Waals surface area contributed by atoms with Crippen LogP contribution in [-0.2, 0) is 0 Å². The Labute approximate surface area is 45.5 Å². The normalized spacial score (nSPS) is 10.5. The molecule has 0 atom stereocenters. The molecular formula is C5H4N2O. The highest BCUT2D eigenvalue weighted by molar-refractivity contribution is 5.32. The van der Waals surface area contributed by atoms with Crippen LogP contribution in [0.15, 0.2) is 29.2 Å². The fourth-order valence-corrected chi connectivity index (χ4v) is 0.679. The van der Waals surface area contributed by atoms with E-state index in [-0.39, 0.29) is 0 Å². The highest BCUT2D eigenvalue weighted by Gasteiger charge is 1.90. The molecule has 0 radical (unpaired) electrons. The smallest absolute Gasteiger partial charge is 0.234 e. The summed E-state index contributed by atoms with van der Waals surface area (Å²) in [4.78, 5) is 0. The van der Waals surface area contributed by atoms with Gasteiger partial charge in [0.1, 0.15) is 6.33 Å². The molecule has 0 amide bonds. The van der Waals surface area contributed by atoms with Gasteiger partial charge in [-0.05, 0) is 6.07 Å². The molecule has 2 heterocycles. The minimum atomic E-state index is 0.782. The van der Waals surface area contributed by atoms with Crippen molar-refractivity contribution >= 4 is 5.71 Å². The molecule has 40 valence electrons. The van der Waals surface area contributed by atoms with Crippen molar-refractivity contribution in [2.45, 2.75) is 0 Å². The predicted molar refractivity (Wildman–Crippen MR) is 27.5 cm³/mol. The van der Waals surface area contributed by atoms with E-state index in [1.54, 1.807) is 10.7 Å². The van der Waals surface area contributed by atoms with Gasteiger partial charge >= 0.3 is 0 Å². The van der Waals surface area contributed by atoms with E-state index in [0.717, 1.165) is 5.71 Å². The zero-order valence-corrected chi connectivity index (χ0v) is 4.11. The van der Waals surface area contributed by atoms with Crippen LogP contribution in [0.2, 0.25) is 0 Å². The minimum Gasteiger partial charge on any atom is -0.336 e. The molecule has 3 heteroatoms. The second-order valence-corrected chi connectivity index (χ2v) is 1.57. The lowest BCUT2D eigenvalue weighted by atomic mass is 10.7. The van der Waals surface area contributed by atoms with E-state index in [1.165, 1.54) is 0 Å². The number of aromatic nitrogens is 2. The molecular weight excluding hydrogens is 104 g/mol. The van der Waals surface area contributed by atoms with Crippen molar-refractivity contribution < 1.29 is 4.52 Å². The van der Waals surface area contributed by atoms with Crippen LogP contribution in [-0.4, -0.2) is 9.56 Å². The van der Waals surface area contributed by atoms with Crippen LogP contribution in [0.4, 0.5) is 0 Å². The fraction of sp³-hybridized carbons (Fsp3) is 0. The van der Waals surface area contributed by atoms with Crippen LogP contribution in [0.5, 0.6) is 0 Å². The van der Waals surface area contributed by atoms with Gasteiger partial charge in [0.25, 0.3) is 0 Å². The van der Waals surface area contributed by atoms with Crippen LogP contribution >= 0.6 is 0 Å². The first-order chi connectivity index (χ1) is 3.97. The van der Waals surface area contributed by atoms with Crippen molar-refractivity contribution in [3.8, 4) is 0 Å². The van der Waals surface area contributed by atoms with E-state index in [0.29, 0.717) is 0 Å². The Morgan fingerprint density at radius 1 is 1.62 bits per heavy atom. The number of rotatable bonds is 0. The molecule has 0 aliphatic heterocycles. The third kappa shape index (κ3) is 0.307. The molecule has 0 aliphatic rings. The lowest BCUT2D eigenvalue weighted by molar-refractivity contribution is 0.455. The first kappa shape index (κ1) is 3.72. The summed E-state index contributed by atoms with van der Waals surface area (Å²) in [6.07, 6.45) is 3.50. The maximum atomic E-state index is 4.77. The summed E-state index contributed by atoms with van der Waals surface area (Å²) >= 11 is 0. The van der Waals surface area contributed by atoms with Gasteiger partial charge in [-0.2, -0.15) is 0 Å². The zero-order valence-electron chi connectivity index (χ0n) is 4.11. The lowest BCUT2D eigenvalue weighted by Crippen LogP contribution is -1.66. The summed E-state index contributed by atoms with van der Waals surface area (Å²) < 4.78 is 6.58. The van der Waals surface area contributed by atoms with Gasteiger partial charge in [0.2, 0.25) is 5.71 Å². The third-order valence-electron chi connectivity index (χ3n) is 1.06. The van der Waals surface area contributed by atoms with Crippen molar-refractivity contribution in [2.24, 2.45) is 0 Å². The fourth-order valence-electron chi connectivity index (χ4n) is 0.679. The standard InChI is InChI=1S/C5H4N2O/c1-2-5-7(3-1)4-6-8-5/h1-4H. The van der Waals surface area contributed by atoms with Gasteiger partial charge in [-0.3, -0.25) is 4.40 Å². The molecule has 0 aliphatic carbocycles. The topological polar surface area (TPSA) is 30.4 Å². The second kappa shape index (κ2) is 1.12. The van der Waals surface area contributed by atoms with Crippen molar-refractivity contribution in [2.75, 3.05) is 0 Å². The molecule has 0 spiro atoms. The summed E-state index contributed by atoms with van der Waals surface area (Å²) in [7, 11) is 0. The molecule has 0 unspecified atom stereocenters. The third-order valence-corrected chi connectivity index (χ3v) is 1.06. The molecule has 8 heavy (non-hydrogen) atoms. The van der Waals surface area contributed by atoms with Crippen LogP contribution in [0.25, 0.3) is 5.71 Å². The lowest BCUT2D eigenvalue weighted by Gasteiger charge is -1.68. The highest BCUT2D eigenvalue weighted by Crippen LogP contribution is 1.99. The Kier molecular flexibility index (Phi) is 0.521. The summed E-state index contributed by atoms with van der Waals surface area (Å²) in [5.74, 6) is 0.